The second kappa shape index (κ2) is 3.74. The third kappa shape index (κ3) is 1.90. The Bertz CT molecular complexity index is 283. The molecule has 2 rings (SSSR count). The van der Waals surface area contributed by atoms with Gasteiger partial charge in [0.15, 0.2) is 0 Å². The van der Waals surface area contributed by atoms with Crippen molar-refractivity contribution in [1.82, 2.24) is 4.98 Å². The molecule has 1 heterocycles. The van der Waals surface area contributed by atoms with E-state index in [0.717, 1.165) is 9.88 Å². The van der Waals surface area contributed by atoms with E-state index in [9.17, 15) is 0 Å². The summed E-state index contributed by atoms with van der Waals surface area (Å²) in [5.74, 6) is 0.655. The third-order valence-electron chi connectivity index (χ3n) is 2.27. The average Bonchev–Trinajstić information content (AvgIpc) is 2.85. The highest BCUT2D eigenvalue weighted by Gasteiger charge is 2.34. The fourth-order valence-corrected chi connectivity index (χ4v) is 2.37. The van der Waals surface area contributed by atoms with Gasteiger partial charge in [-0.3, -0.25) is 0 Å². The summed E-state index contributed by atoms with van der Waals surface area (Å²) in [6.45, 7) is 0.0821. The van der Waals surface area contributed by atoms with Crippen molar-refractivity contribution in [2.75, 3.05) is 7.11 Å². The van der Waals surface area contributed by atoms with Crippen LogP contribution in [0.1, 0.15) is 28.8 Å². The molecule has 1 N–H and O–H groups in total. The zero-order valence-corrected chi connectivity index (χ0v) is 8.38. The summed E-state index contributed by atoms with van der Waals surface area (Å²) in [5.41, 5.74) is 0. The van der Waals surface area contributed by atoms with Crippen LogP contribution in [-0.4, -0.2) is 17.2 Å². The van der Waals surface area contributed by atoms with E-state index in [1.165, 1.54) is 12.8 Å². The first kappa shape index (κ1) is 9.12. The molecule has 1 saturated carbocycles. The summed E-state index contributed by atoms with van der Waals surface area (Å²) in [6, 6.07) is 0. The number of rotatable bonds is 4. The third-order valence-corrected chi connectivity index (χ3v) is 3.32. The minimum atomic E-state index is 0.0821. The maximum Gasteiger partial charge on any atom is 0.122 e. The standard InChI is InChI=1S/C9H13NO2S/c1-12-8(6-2-3-6)9-10-4-7(5-11)13-9/h4,6,8,11H,2-3,5H2,1H3. The van der Waals surface area contributed by atoms with Gasteiger partial charge in [-0.1, -0.05) is 0 Å². The van der Waals surface area contributed by atoms with Gasteiger partial charge in [-0.15, -0.1) is 11.3 Å². The number of aliphatic hydroxyl groups is 1. The highest BCUT2D eigenvalue weighted by Crippen LogP contribution is 2.43. The van der Waals surface area contributed by atoms with Crippen molar-refractivity contribution in [3.63, 3.8) is 0 Å². The maximum absolute atomic E-state index is 8.89. The van der Waals surface area contributed by atoms with Gasteiger partial charge in [-0.2, -0.15) is 0 Å². The lowest BCUT2D eigenvalue weighted by Crippen LogP contribution is -2.02. The first-order valence-electron chi connectivity index (χ1n) is 4.43. The van der Waals surface area contributed by atoms with Crippen molar-refractivity contribution in [2.24, 2.45) is 5.92 Å². The van der Waals surface area contributed by atoms with Crippen molar-refractivity contribution >= 4 is 11.3 Å². The molecule has 0 spiro atoms. The SMILES string of the molecule is COC(c1ncc(CO)s1)C1CC1. The minimum absolute atomic E-state index is 0.0821. The molecule has 1 aliphatic rings. The van der Waals surface area contributed by atoms with Crippen molar-refractivity contribution < 1.29 is 9.84 Å². The Kier molecular flexibility index (Phi) is 2.62. The summed E-state index contributed by atoms with van der Waals surface area (Å²) in [6.07, 6.45) is 4.37. The molecule has 72 valence electrons. The largest absolute Gasteiger partial charge is 0.391 e. The fraction of sp³-hybridized carbons (Fsp3) is 0.667. The molecule has 1 atom stereocenters. The van der Waals surface area contributed by atoms with Crippen LogP contribution in [0.2, 0.25) is 0 Å². The summed E-state index contributed by atoms with van der Waals surface area (Å²) in [5, 5.41) is 9.90. The van der Waals surface area contributed by atoms with Gasteiger partial charge in [0, 0.05) is 13.3 Å². The molecule has 4 heteroatoms. The molecule has 1 aromatic heterocycles. The molecular formula is C9H13NO2S. The number of aromatic nitrogens is 1. The first-order valence-corrected chi connectivity index (χ1v) is 5.25. The molecule has 0 saturated heterocycles. The molecule has 3 nitrogen and oxygen atoms in total. The van der Waals surface area contributed by atoms with Gasteiger partial charge in [-0.05, 0) is 18.8 Å². The van der Waals surface area contributed by atoms with Crippen molar-refractivity contribution in [1.29, 1.82) is 0 Å². The molecule has 0 aliphatic heterocycles. The Morgan fingerprint density at radius 1 is 1.77 bits per heavy atom. The maximum atomic E-state index is 8.89. The van der Waals surface area contributed by atoms with E-state index in [1.54, 1.807) is 24.6 Å². The van der Waals surface area contributed by atoms with Gasteiger partial charge in [0.25, 0.3) is 0 Å². The second-order valence-electron chi connectivity index (χ2n) is 3.32. The van der Waals surface area contributed by atoms with Crippen LogP contribution in [0.3, 0.4) is 0 Å². The molecule has 0 bridgehead atoms. The van der Waals surface area contributed by atoms with Crippen LogP contribution in [0.15, 0.2) is 6.20 Å². The van der Waals surface area contributed by atoms with Crippen LogP contribution in [0.4, 0.5) is 0 Å². The smallest absolute Gasteiger partial charge is 0.122 e. The lowest BCUT2D eigenvalue weighted by atomic mass is 10.2. The van der Waals surface area contributed by atoms with Crippen LogP contribution >= 0.6 is 11.3 Å². The average molecular weight is 199 g/mol. The van der Waals surface area contributed by atoms with Crippen molar-refractivity contribution in [3.8, 4) is 0 Å². The number of thiazole rings is 1. The molecule has 1 fully saturated rings. The summed E-state index contributed by atoms with van der Waals surface area (Å²) < 4.78 is 5.38. The van der Waals surface area contributed by atoms with Gasteiger partial charge in [0.05, 0.1) is 11.5 Å². The Balaban J connectivity index is 2.12. The molecule has 1 aliphatic carbocycles. The Hall–Kier alpha value is -0.450. The van der Waals surface area contributed by atoms with Crippen molar-refractivity contribution in [3.05, 3.63) is 16.1 Å². The van der Waals surface area contributed by atoms with Crippen LogP contribution < -0.4 is 0 Å². The zero-order chi connectivity index (χ0) is 9.26. The highest BCUT2D eigenvalue weighted by molar-refractivity contribution is 7.11. The van der Waals surface area contributed by atoms with Gasteiger partial charge in [-0.25, -0.2) is 4.98 Å². The summed E-state index contributed by atoms with van der Waals surface area (Å²) >= 11 is 1.55. The number of nitrogens with zero attached hydrogens (tertiary/aromatic N) is 1. The topological polar surface area (TPSA) is 42.4 Å². The van der Waals surface area contributed by atoms with E-state index >= 15 is 0 Å². The molecule has 0 aromatic carbocycles. The number of hydrogen-bond acceptors (Lipinski definition) is 4. The Labute approximate surface area is 81.4 Å². The Morgan fingerprint density at radius 3 is 3.00 bits per heavy atom. The van der Waals surface area contributed by atoms with E-state index in [2.05, 4.69) is 4.98 Å². The number of hydrogen-bond donors (Lipinski definition) is 1. The number of methoxy groups -OCH3 is 1. The van der Waals surface area contributed by atoms with Crippen LogP contribution in [-0.2, 0) is 11.3 Å². The molecular weight excluding hydrogens is 186 g/mol. The van der Waals surface area contributed by atoms with Gasteiger partial charge in [0.2, 0.25) is 0 Å². The molecule has 0 radical (unpaired) electrons. The van der Waals surface area contributed by atoms with Crippen LogP contribution in [0.25, 0.3) is 0 Å². The summed E-state index contributed by atoms with van der Waals surface area (Å²) in [4.78, 5) is 5.17. The molecule has 0 amide bonds. The first-order chi connectivity index (χ1) is 6.35. The zero-order valence-electron chi connectivity index (χ0n) is 7.56. The molecule has 1 unspecified atom stereocenters. The normalized spacial score (nSPS) is 18.9. The quantitative estimate of drug-likeness (QED) is 0.803. The van der Waals surface area contributed by atoms with E-state index in [1.807, 2.05) is 0 Å². The number of ether oxygens (including phenoxy) is 1. The lowest BCUT2D eigenvalue weighted by Gasteiger charge is -2.09. The van der Waals surface area contributed by atoms with Gasteiger partial charge < -0.3 is 9.84 Å². The minimum Gasteiger partial charge on any atom is -0.391 e. The highest BCUT2D eigenvalue weighted by atomic mass is 32.1. The van der Waals surface area contributed by atoms with E-state index < -0.39 is 0 Å². The molecule has 1 aromatic rings. The fourth-order valence-electron chi connectivity index (χ4n) is 1.42. The summed E-state index contributed by atoms with van der Waals surface area (Å²) in [7, 11) is 1.73. The van der Waals surface area contributed by atoms with Gasteiger partial charge in [0.1, 0.15) is 11.1 Å². The molecule has 13 heavy (non-hydrogen) atoms. The van der Waals surface area contributed by atoms with E-state index in [0.29, 0.717) is 5.92 Å². The van der Waals surface area contributed by atoms with Crippen molar-refractivity contribution in [2.45, 2.75) is 25.6 Å². The monoisotopic (exact) mass is 199 g/mol. The second-order valence-corrected chi connectivity index (χ2v) is 4.46. The van der Waals surface area contributed by atoms with Gasteiger partial charge >= 0.3 is 0 Å². The van der Waals surface area contributed by atoms with E-state index in [-0.39, 0.29) is 12.7 Å². The lowest BCUT2D eigenvalue weighted by molar-refractivity contribution is 0.0844. The number of aliphatic hydroxyl groups excluding tert-OH is 1. The Morgan fingerprint density at radius 2 is 2.54 bits per heavy atom. The van der Waals surface area contributed by atoms with Crippen LogP contribution in [0.5, 0.6) is 0 Å². The predicted molar refractivity (Wildman–Crippen MR) is 50.5 cm³/mol. The van der Waals surface area contributed by atoms with Crippen LogP contribution in [0, 0.1) is 5.92 Å². The predicted octanol–water partition coefficient (Wildman–Crippen LogP) is 1.73. The van der Waals surface area contributed by atoms with E-state index in [4.69, 9.17) is 9.84 Å².